The third kappa shape index (κ3) is 4.07. The fraction of sp³-hybridized carbons (Fsp3) is 0.550. The largest absolute Gasteiger partial charge is 0.487 e. The number of rotatable bonds is 3. The zero-order chi connectivity index (χ0) is 18.9. The maximum Gasteiger partial charge on any atom is 0.322 e. The highest BCUT2D eigenvalue weighted by molar-refractivity contribution is 5.87. The first-order valence-corrected chi connectivity index (χ1v) is 9.77. The normalized spacial score (nSPS) is 21.8. The minimum absolute atomic E-state index is 0.120. The molecule has 7 nitrogen and oxygen atoms in total. The lowest BCUT2D eigenvalue weighted by molar-refractivity contribution is 0.0683. The number of carbonyl (C=O) groups excluding carboxylic acids is 1. The van der Waals surface area contributed by atoms with E-state index in [1.165, 1.54) is 19.3 Å². The minimum atomic E-state index is -0.340. The number of fused-ring (bicyclic) bond motifs is 1. The van der Waals surface area contributed by atoms with Gasteiger partial charge in [0.2, 0.25) is 5.95 Å². The summed E-state index contributed by atoms with van der Waals surface area (Å²) < 4.78 is 7.91. The molecular weight excluding hydrogens is 342 g/mol. The van der Waals surface area contributed by atoms with Gasteiger partial charge in [-0.05, 0) is 32.8 Å². The van der Waals surface area contributed by atoms with Gasteiger partial charge in [0.05, 0.1) is 12.1 Å². The number of urea groups is 1. The molecule has 7 heteroatoms. The van der Waals surface area contributed by atoms with Gasteiger partial charge in [-0.25, -0.2) is 14.5 Å². The third-order valence-corrected chi connectivity index (χ3v) is 5.36. The van der Waals surface area contributed by atoms with Gasteiger partial charge in [0.25, 0.3) is 0 Å². The van der Waals surface area contributed by atoms with Crippen LogP contribution in [0.3, 0.4) is 0 Å². The molecular formula is C20H27N5O2. The zero-order valence-electron chi connectivity index (χ0n) is 15.9. The predicted molar refractivity (Wildman–Crippen MR) is 103 cm³/mol. The van der Waals surface area contributed by atoms with Crippen molar-refractivity contribution in [3.05, 3.63) is 36.2 Å². The lowest BCUT2D eigenvalue weighted by atomic mass is 9.90. The maximum atomic E-state index is 12.5. The van der Waals surface area contributed by atoms with Crippen molar-refractivity contribution in [2.75, 3.05) is 5.32 Å². The highest BCUT2D eigenvalue weighted by Crippen LogP contribution is 2.39. The van der Waals surface area contributed by atoms with Gasteiger partial charge in [-0.15, -0.1) is 5.10 Å². The number of ether oxygens (including phenoxy) is 1. The van der Waals surface area contributed by atoms with E-state index >= 15 is 0 Å². The van der Waals surface area contributed by atoms with Crippen LogP contribution in [0.25, 0.3) is 0 Å². The molecule has 1 atom stereocenters. The summed E-state index contributed by atoms with van der Waals surface area (Å²) >= 11 is 0. The van der Waals surface area contributed by atoms with Crippen LogP contribution in [0, 0.1) is 0 Å². The van der Waals surface area contributed by atoms with Crippen molar-refractivity contribution in [2.24, 2.45) is 0 Å². The Morgan fingerprint density at radius 2 is 2.00 bits per heavy atom. The second-order valence-corrected chi connectivity index (χ2v) is 8.09. The SMILES string of the molecule is CC1(C)CC(NC(=O)Nc2ncn(C3CCCCC3)n2)c2ccccc2O1. The standard InChI is InChI=1S/C20H27N5O2/c1-20(2)12-16(15-10-6-7-11-17(15)27-20)22-19(26)23-18-21-13-25(24-18)14-8-4-3-5-9-14/h6-7,10-11,13-14,16H,3-5,8-9,12H2,1-2H3,(H2,22,23,24,26). The number of carbonyl (C=O) groups is 1. The lowest BCUT2D eigenvalue weighted by Gasteiger charge is -2.37. The van der Waals surface area contributed by atoms with Crippen molar-refractivity contribution in [1.82, 2.24) is 20.1 Å². The summed E-state index contributed by atoms with van der Waals surface area (Å²) in [5, 5.41) is 10.3. The number of aromatic nitrogens is 3. The van der Waals surface area contributed by atoms with Crippen LogP contribution < -0.4 is 15.4 Å². The van der Waals surface area contributed by atoms with Crippen LogP contribution in [0.5, 0.6) is 5.75 Å². The van der Waals surface area contributed by atoms with E-state index in [0.29, 0.717) is 18.4 Å². The van der Waals surface area contributed by atoms with Gasteiger partial charge >= 0.3 is 6.03 Å². The zero-order valence-corrected chi connectivity index (χ0v) is 15.9. The summed E-state index contributed by atoms with van der Waals surface area (Å²) in [6.45, 7) is 4.06. The second-order valence-electron chi connectivity index (χ2n) is 8.09. The average Bonchev–Trinajstić information content (AvgIpc) is 3.10. The number of nitrogens with zero attached hydrogens (tertiary/aromatic N) is 3. The number of hydrogen-bond acceptors (Lipinski definition) is 4. The summed E-state index contributed by atoms with van der Waals surface area (Å²) in [7, 11) is 0. The molecule has 1 unspecified atom stereocenters. The Kier molecular flexibility index (Phi) is 4.76. The van der Waals surface area contributed by atoms with Gasteiger partial charge in [0.1, 0.15) is 17.7 Å². The number of nitrogens with one attached hydrogen (secondary N) is 2. The Hall–Kier alpha value is -2.57. The first-order valence-electron chi connectivity index (χ1n) is 9.77. The van der Waals surface area contributed by atoms with Crippen molar-refractivity contribution in [1.29, 1.82) is 0 Å². The monoisotopic (exact) mass is 369 g/mol. The van der Waals surface area contributed by atoms with Crippen molar-refractivity contribution in [2.45, 2.75) is 70.1 Å². The lowest BCUT2D eigenvalue weighted by Crippen LogP contribution is -2.42. The molecule has 0 spiro atoms. The van der Waals surface area contributed by atoms with Crippen LogP contribution >= 0.6 is 0 Å². The summed E-state index contributed by atoms with van der Waals surface area (Å²) in [5.74, 6) is 1.16. The van der Waals surface area contributed by atoms with Crippen LogP contribution in [0.4, 0.5) is 10.7 Å². The van der Waals surface area contributed by atoms with Gasteiger partial charge in [0, 0.05) is 12.0 Å². The molecule has 1 fully saturated rings. The Bertz CT molecular complexity index is 810. The number of amides is 2. The molecule has 0 saturated heterocycles. The topological polar surface area (TPSA) is 81.1 Å². The Balaban J connectivity index is 1.42. The van der Waals surface area contributed by atoms with Gasteiger partial charge < -0.3 is 10.1 Å². The van der Waals surface area contributed by atoms with Crippen LogP contribution in [-0.2, 0) is 0 Å². The molecule has 1 aromatic carbocycles. The molecule has 0 bridgehead atoms. The van der Waals surface area contributed by atoms with E-state index in [1.54, 1.807) is 6.33 Å². The van der Waals surface area contributed by atoms with Crippen molar-refractivity contribution in [3.63, 3.8) is 0 Å². The molecule has 2 heterocycles. The predicted octanol–water partition coefficient (Wildman–Crippen LogP) is 4.21. The van der Waals surface area contributed by atoms with Gasteiger partial charge in [0.15, 0.2) is 0 Å². The van der Waals surface area contributed by atoms with Crippen molar-refractivity contribution >= 4 is 12.0 Å². The number of anilines is 1. The number of hydrogen-bond donors (Lipinski definition) is 2. The quantitative estimate of drug-likeness (QED) is 0.849. The molecule has 1 saturated carbocycles. The number of para-hydroxylation sites is 1. The molecule has 2 N–H and O–H groups in total. The van der Waals surface area contributed by atoms with E-state index in [0.717, 1.165) is 24.2 Å². The molecule has 1 aliphatic carbocycles. The van der Waals surface area contributed by atoms with E-state index in [4.69, 9.17) is 4.74 Å². The molecule has 1 aliphatic heterocycles. The van der Waals surface area contributed by atoms with Crippen LogP contribution in [-0.4, -0.2) is 26.4 Å². The first kappa shape index (κ1) is 17.8. The van der Waals surface area contributed by atoms with E-state index in [1.807, 2.05) is 42.8 Å². The van der Waals surface area contributed by atoms with Crippen LogP contribution in [0.2, 0.25) is 0 Å². The Morgan fingerprint density at radius 1 is 1.22 bits per heavy atom. The van der Waals surface area contributed by atoms with E-state index in [2.05, 4.69) is 20.7 Å². The smallest absolute Gasteiger partial charge is 0.322 e. The van der Waals surface area contributed by atoms with Crippen LogP contribution in [0.15, 0.2) is 30.6 Å². The maximum absolute atomic E-state index is 12.5. The molecule has 2 aromatic rings. The molecule has 2 aliphatic rings. The molecule has 1 aromatic heterocycles. The Labute approximate surface area is 159 Å². The van der Waals surface area contributed by atoms with Gasteiger partial charge in [-0.1, -0.05) is 37.5 Å². The molecule has 0 radical (unpaired) electrons. The number of benzene rings is 1. The molecule has 4 rings (SSSR count). The van der Waals surface area contributed by atoms with E-state index in [-0.39, 0.29) is 17.7 Å². The van der Waals surface area contributed by atoms with E-state index in [9.17, 15) is 4.79 Å². The van der Waals surface area contributed by atoms with Gasteiger partial charge in [-0.2, -0.15) is 0 Å². The minimum Gasteiger partial charge on any atom is -0.487 e. The molecule has 144 valence electrons. The summed E-state index contributed by atoms with van der Waals surface area (Å²) in [5.41, 5.74) is 0.653. The summed E-state index contributed by atoms with van der Waals surface area (Å²) in [4.78, 5) is 16.8. The van der Waals surface area contributed by atoms with Crippen molar-refractivity contribution < 1.29 is 9.53 Å². The van der Waals surface area contributed by atoms with Crippen molar-refractivity contribution in [3.8, 4) is 5.75 Å². The molecule has 2 amide bonds. The first-order chi connectivity index (χ1) is 13.0. The third-order valence-electron chi connectivity index (χ3n) is 5.36. The van der Waals surface area contributed by atoms with E-state index < -0.39 is 0 Å². The highest BCUT2D eigenvalue weighted by atomic mass is 16.5. The van der Waals surface area contributed by atoms with Crippen LogP contribution in [0.1, 0.15) is 70.0 Å². The highest BCUT2D eigenvalue weighted by Gasteiger charge is 2.34. The second kappa shape index (κ2) is 7.21. The summed E-state index contributed by atoms with van der Waals surface area (Å²) in [6, 6.07) is 7.81. The Morgan fingerprint density at radius 3 is 2.81 bits per heavy atom. The molecule has 27 heavy (non-hydrogen) atoms. The average molecular weight is 369 g/mol. The fourth-order valence-corrected chi connectivity index (χ4v) is 4.08. The summed E-state index contributed by atoms with van der Waals surface area (Å²) in [6.07, 6.45) is 8.42. The van der Waals surface area contributed by atoms with Gasteiger partial charge in [-0.3, -0.25) is 5.32 Å². The fourth-order valence-electron chi connectivity index (χ4n) is 4.08.